The highest BCUT2D eigenvalue weighted by Crippen LogP contribution is 2.41. The van der Waals surface area contributed by atoms with Crippen LogP contribution >= 0.6 is 11.8 Å². The molecule has 1 aliphatic carbocycles. The van der Waals surface area contributed by atoms with Crippen LogP contribution in [0.3, 0.4) is 0 Å². The van der Waals surface area contributed by atoms with Crippen molar-refractivity contribution in [3.8, 4) is 11.4 Å². The Balaban J connectivity index is 1.45. The predicted octanol–water partition coefficient (Wildman–Crippen LogP) is 4.13. The molecular formula is C21H22FN5OS. The van der Waals surface area contributed by atoms with Crippen molar-refractivity contribution < 1.29 is 9.18 Å². The number of halogens is 1. The summed E-state index contributed by atoms with van der Waals surface area (Å²) in [6, 6.07) is 10.3. The van der Waals surface area contributed by atoms with Crippen LogP contribution in [0, 0.1) is 5.82 Å². The maximum atomic E-state index is 13.1. The third-order valence-electron chi connectivity index (χ3n) is 5.15. The third-order valence-corrected chi connectivity index (χ3v) is 6.08. The number of thioether (sulfide) groups is 1. The van der Waals surface area contributed by atoms with Crippen molar-refractivity contribution in [3.63, 3.8) is 0 Å². The minimum atomic E-state index is -0.283. The summed E-state index contributed by atoms with van der Waals surface area (Å²) in [7, 11) is 1.77. The number of amides is 1. The molecule has 0 saturated heterocycles. The molecule has 6 nitrogen and oxygen atoms in total. The van der Waals surface area contributed by atoms with Crippen molar-refractivity contribution in [2.45, 2.75) is 37.0 Å². The summed E-state index contributed by atoms with van der Waals surface area (Å²) in [5.74, 6) is 0.762. The van der Waals surface area contributed by atoms with Crippen molar-refractivity contribution in [1.82, 2.24) is 24.6 Å². The van der Waals surface area contributed by atoms with Gasteiger partial charge in [-0.3, -0.25) is 14.3 Å². The van der Waals surface area contributed by atoms with Crippen LogP contribution in [0.25, 0.3) is 11.4 Å². The van der Waals surface area contributed by atoms with Gasteiger partial charge in [-0.2, -0.15) is 0 Å². The molecule has 1 amide bonds. The molecule has 0 aliphatic heterocycles. The molecule has 1 fully saturated rings. The molecule has 0 bridgehead atoms. The molecular weight excluding hydrogens is 389 g/mol. The topological polar surface area (TPSA) is 63.9 Å². The number of aromatic nitrogens is 4. The van der Waals surface area contributed by atoms with Crippen molar-refractivity contribution in [2.75, 3.05) is 12.8 Å². The van der Waals surface area contributed by atoms with Crippen molar-refractivity contribution in [1.29, 1.82) is 0 Å². The summed E-state index contributed by atoms with van der Waals surface area (Å²) in [4.78, 5) is 18.6. The predicted molar refractivity (Wildman–Crippen MR) is 110 cm³/mol. The van der Waals surface area contributed by atoms with E-state index in [0.29, 0.717) is 6.04 Å². The summed E-state index contributed by atoms with van der Waals surface area (Å²) in [5, 5.41) is 9.44. The Hall–Kier alpha value is -2.74. The fourth-order valence-corrected chi connectivity index (χ4v) is 4.07. The SMILES string of the molecule is CC(c1ccc(F)cc1)N(C)C(=O)CSc1nnc(-c2cccnc2)n1C1CC1. The van der Waals surface area contributed by atoms with Crippen LogP contribution in [0.4, 0.5) is 4.39 Å². The first-order valence-corrected chi connectivity index (χ1v) is 10.5. The second-order valence-electron chi connectivity index (χ2n) is 7.17. The van der Waals surface area contributed by atoms with Gasteiger partial charge in [-0.15, -0.1) is 10.2 Å². The fourth-order valence-electron chi connectivity index (χ4n) is 3.14. The second kappa shape index (κ2) is 8.32. The Kier molecular flexibility index (Phi) is 5.62. The molecule has 29 heavy (non-hydrogen) atoms. The van der Waals surface area contributed by atoms with Gasteiger partial charge in [-0.1, -0.05) is 23.9 Å². The first kappa shape index (κ1) is 19.6. The Morgan fingerprint density at radius 3 is 2.69 bits per heavy atom. The quantitative estimate of drug-likeness (QED) is 0.547. The van der Waals surface area contributed by atoms with E-state index in [0.717, 1.165) is 34.9 Å². The van der Waals surface area contributed by atoms with Gasteiger partial charge in [0.25, 0.3) is 0 Å². The van der Waals surface area contributed by atoms with Gasteiger partial charge in [-0.25, -0.2) is 4.39 Å². The number of hydrogen-bond donors (Lipinski definition) is 0. The Morgan fingerprint density at radius 2 is 2.03 bits per heavy atom. The van der Waals surface area contributed by atoms with Crippen molar-refractivity contribution in [3.05, 3.63) is 60.2 Å². The maximum Gasteiger partial charge on any atom is 0.233 e. The first-order valence-electron chi connectivity index (χ1n) is 9.54. The average Bonchev–Trinajstić information content (AvgIpc) is 3.51. The average molecular weight is 412 g/mol. The number of carbonyl (C=O) groups excluding carboxylic acids is 1. The molecule has 0 spiro atoms. The Bertz CT molecular complexity index is 988. The molecule has 3 aromatic rings. The van der Waals surface area contributed by atoms with E-state index in [1.807, 2.05) is 19.1 Å². The van der Waals surface area contributed by atoms with E-state index in [9.17, 15) is 9.18 Å². The summed E-state index contributed by atoms with van der Waals surface area (Å²) in [5.41, 5.74) is 1.82. The lowest BCUT2D eigenvalue weighted by Gasteiger charge is -2.25. The van der Waals surface area contributed by atoms with E-state index in [1.165, 1.54) is 23.9 Å². The standard InChI is InChI=1S/C21H22FN5OS/c1-14(15-5-7-17(22)8-6-15)26(2)19(28)13-29-21-25-24-20(27(21)18-9-10-18)16-4-3-11-23-12-16/h3-8,11-12,14,18H,9-10,13H2,1-2H3. The highest BCUT2D eigenvalue weighted by molar-refractivity contribution is 7.99. The monoisotopic (exact) mass is 411 g/mol. The molecule has 1 unspecified atom stereocenters. The molecule has 0 N–H and O–H groups in total. The highest BCUT2D eigenvalue weighted by Gasteiger charge is 2.30. The molecule has 1 atom stereocenters. The third kappa shape index (κ3) is 4.32. The van der Waals surface area contributed by atoms with Crippen LogP contribution in [0.2, 0.25) is 0 Å². The van der Waals surface area contributed by atoms with Crippen LogP contribution in [0.15, 0.2) is 53.9 Å². The molecule has 1 aromatic carbocycles. The number of benzene rings is 1. The fraction of sp³-hybridized carbons (Fsp3) is 0.333. The molecule has 1 saturated carbocycles. The van der Waals surface area contributed by atoms with Crippen LogP contribution in [-0.2, 0) is 4.79 Å². The molecule has 4 rings (SSSR count). The zero-order valence-corrected chi connectivity index (χ0v) is 17.1. The van der Waals surface area contributed by atoms with E-state index in [4.69, 9.17) is 0 Å². The van der Waals surface area contributed by atoms with Gasteiger partial charge in [0, 0.05) is 31.0 Å². The minimum Gasteiger partial charge on any atom is -0.338 e. The first-order chi connectivity index (χ1) is 14.0. The van der Waals surface area contributed by atoms with Gasteiger partial charge in [-0.05, 0) is 49.6 Å². The van der Waals surface area contributed by atoms with E-state index in [-0.39, 0.29) is 23.5 Å². The number of hydrogen-bond acceptors (Lipinski definition) is 5. The summed E-state index contributed by atoms with van der Waals surface area (Å²) in [6.45, 7) is 1.93. The van der Waals surface area contributed by atoms with Crippen LogP contribution < -0.4 is 0 Å². The van der Waals surface area contributed by atoms with Crippen LogP contribution in [0.5, 0.6) is 0 Å². The van der Waals surface area contributed by atoms with E-state index >= 15 is 0 Å². The summed E-state index contributed by atoms with van der Waals surface area (Å²) >= 11 is 1.40. The maximum absolute atomic E-state index is 13.1. The molecule has 0 radical (unpaired) electrons. The van der Waals surface area contributed by atoms with Gasteiger partial charge >= 0.3 is 0 Å². The van der Waals surface area contributed by atoms with Crippen LogP contribution in [0.1, 0.15) is 37.4 Å². The van der Waals surface area contributed by atoms with Gasteiger partial charge in [0.15, 0.2) is 11.0 Å². The Morgan fingerprint density at radius 1 is 1.28 bits per heavy atom. The number of nitrogens with zero attached hydrogens (tertiary/aromatic N) is 5. The number of rotatable bonds is 7. The molecule has 2 aromatic heterocycles. The second-order valence-corrected chi connectivity index (χ2v) is 8.11. The lowest BCUT2D eigenvalue weighted by Crippen LogP contribution is -2.31. The highest BCUT2D eigenvalue weighted by atomic mass is 32.2. The summed E-state index contributed by atoms with van der Waals surface area (Å²) in [6.07, 6.45) is 5.69. The number of carbonyl (C=O) groups is 1. The minimum absolute atomic E-state index is 0.0138. The lowest BCUT2D eigenvalue weighted by atomic mass is 10.1. The van der Waals surface area contributed by atoms with Gasteiger partial charge in [0.05, 0.1) is 11.8 Å². The normalized spacial score (nSPS) is 14.6. The zero-order valence-electron chi connectivity index (χ0n) is 16.3. The van der Waals surface area contributed by atoms with Crippen molar-refractivity contribution >= 4 is 17.7 Å². The van der Waals surface area contributed by atoms with Crippen molar-refractivity contribution in [2.24, 2.45) is 0 Å². The van der Waals surface area contributed by atoms with Gasteiger partial charge in [0.1, 0.15) is 5.82 Å². The van der Waals surface area contributed by atoms with E-state index in [2.05, 4.69) is 19.7 Å². The summed E-state index contributed by atoms with van der Waals surface area (Å²) < 4.78 is 15.3. The molecule has 150 valence electrons. The Labute approximate surface area is 173 Å². The van der Waals surface area contributed by atoms with Gasteiger partial charge in [0.2, 0.25) is 5.91 Å². The number of pyridine rings is 1. The largest absolute Gasteiger partial charge is 0.338 e. The van der Waals surface area contributed by atoms with Crippen LogP contribution in [-0.4, -0.2) is 43.4 Å². The zero-order chi connectivity index (χ0) is 20.4. The van der Waals surface area contributed by atoms with E-state index in [1.54, 1.807) is 36.5 Å². The lowest BCUT2D eigenvalue weighted by molar-refractivity contribution is -0.128. The van der Waals surface area contributed by atoms with Gasteiger partial charge < -0.3 is 4.90 Å². The smallest absolute Gasteiger partial charge is 0.233 e. The molecule has 8 heteroatoms. The molecule has 2 heterocycles. The van der Waals surface area contributed by atoms with E-state index < -0.39 is 0 Å². The molecule has 1 aliphatic rings.